The van der Waals surface area contributed by atoms with Crippen LogP contribution in [0.3, 0.4) is 0 Å². The molecule has 2 rings (SSSR count). The lowest BCUT2D eigenvalue weighted by Crippen LogP contribution is -2.25. The molecule has 0 N–H and O–H groups in total. The van der Waals surface area contributed by atoms with Crippen LogP contribution in [0.4, 0.5) is 0 Å². The van der Waals surface area contributed by atoms with Crippen LogP contribution in [0.25, 0.3) is 0 Å². The Bertz CT molecular complexity index is 533. The molecule has 1 aliphatic rings. The van der Waals surface area contributed by atoms with Crippen LogP contribution in [0.2, 0.25) is 0 Å². The fourth-order valence-corrected chi connectivity index (χ4v) is 3.07. The number of allylic oxidation sites excluding steroid dienone is 4. The first-order valence-electron chi connectivity index (χ1n) is 7.66. The van der Waals surface area contributed by atoms with Gasteiger partial charge in [-0.1, -0.05) is 75.1 Å². The fraction of sp³-hybridized carbons (Fsp3) is 0.421. The molecular formula is C19H23N. The van der Waals surface area contributed by atoms with Crippen molar-refractivity contribution in [1.82, 2.24) is 0 Å². The van der Waals surface area contributed by atoms with E-state index in [1.807, 2.05) is 12.1 Å². The molecule has 20 heavy (non-hydrogen) atoms. The van der Waals surface area contributed by atoms with Crippen LogP contribution in [0, 0.1) is 11.3 Å². The van der Waals surface area contributed by atoms with Gasteiger partial charge in [-0.15, -0.1) is 0 Å². The summed E-state index contributed by atoms with van der Waals surface area (Å²) in [5.41, 5.74) is 2.04. The summed E-state index contributed by atoms with van der Waals surface area (Å²) in [5.74, 6) is 0. The van der Waals surface area contributed by atoms with Gasteiger partial charge in [-0.2, -0.15) is 5.26 Å². The zero-order chi connectivity index (χ0) is 14.3. The van der Waals surface area contributed by atoms with Crippen LogP contribution in [0.5, 0.6) is 0 Å². The van der Waals surface area contributed by atoms with Crippen molar-refractivity contribution >= 4 is 0 Å². The highest BCUT2D eigenvalue weighted by Crippen LogP contribution is 2.39. The van der Waals surface area contributed by atoms with E-state index in [4.69, 9.17) is 0 Å². The Kier molecular flexibility index (Phi) is 5.18. The normalized spacial score (nSPS) is 20.8. The Balaban J connectivity index is 2.25. The van der Waals surface area contributed by atoms with Gasteiger partial charge in [0.2, 0.25) is 0 Å². The minimum atomic E-state index is 0.0226. The molecule has 1 aromatic carbocycles. The second-order valence-electron chi connectivity index (χ2n) is 5.62. The van der Waals surface area contributed by atoms with E-state index >= 15 is 0 Å². The van der Waals surface area contributed by atoms with Crippen molar-refractivity contribution in [2.75, 3.05) is 0 Å². The summed E-state index contributed by atoms with van der Waals surface area (Å²) < 4.78 is 0. The largest absolute Gasteiger partial charge is 0.192 e. The number of rotatable bonds is 6. The predicted molar refractivity (Wildman–Crippen MR) is 84.5 cm³/mol. The lowest BCUT2D eigenvalue weighted by atomic mass is 9.70. The summed E-state index contributed by atoms with van der Waals surface area (Å²) in [4.78, 5) is 0. The summed E-state index contributed by atoms with van der Waals surface area (Å²) in [5, 5.41) is 9.38. The van der Waals surface area contributed by atoms with Crippen molar-refractivity contribution < 1.29 is 0 Å². The topological polar surface area (TPSA) is 23.8 Å². The maximum atomic E-state index is 9.38. The Hall–Kier alpha value is -1.81. The highest BCUT2D eigenvalue weighted by Gasteiger charge is 2.30. The van der Waals surface area contributed by atoms with Gasteiger partial charge in [-0.25, -0.2) is 0 Å². The van der Waals surface area contributed by atoms with Crippen molar-refractivity contribution in [2.24, 2.45) is 0 Å². The highest BCUT2D eigenvalue weighted by atomic mass is 14.3. The molecule has 1 aliphatic carbocycles. The SMILES string of the molecule is CCCCCCC1(c2ccccc2C#N)C=CC=CC1. The monoisotopic (exact) mass is 265 g/mol. The molecule has 0 aromatic heterocycles. The van der Waals surface area contributed by atoms with Gasteiger partial charge < -0.3 is 0 Å². The molecule has 1 atom stereocenters. The summed E-state index contributed by atoms with van der Waals surface area (Å²) in [6.45, 7) is 2.24. The van der Waals surface area contributed by atoms with Crippen LogP contribution in [0.15, 0.2) is 48.6 Å². The van der Waals surface area contributed by atoms with Crippen LogP contribution in [0.1, 0.15) is 56.6 Å². The van der Waals surface area contributed by atoms with E-state index in [2.05, 4.69) is 49.4 Å². The third kappa shape index (κ3) is 3.20. The molecule has 1 heteroatoms. The molecule has 0 aliphatic heterocycles. The third-order valence-electron chi connectivity index (χ3n) is 4.20. The molecule has 1 aromatic rings. The summed E-state index contributed by atoms with van der Waals surface area (Å²) >= 11 is 0. The van der Waals surface area contributed by atoms with Crippen molar-refractivity contribution in [3.05, 3.63) is 59.7 Å². The van der Waals surface area contributed by atoms with Crippen molar-refractivity contribution in [2.45, 2.75) is 50.9 Å². The van der Waals surface area contributed by atoms with E-state index in [0.29, 0.717) is 0 Å². The van der Waals surface area contributed by atoms with Gasteiger partial charge in [0.25, 0.3) is 0 Å². The molecule has 0 saturated heterocycles. The Morgan fingerprint density at radius 3 is 2.70 bits per heavy atom. The standard InChI is InChI=1S/C19H23N/c1-2-3-4-8-13-19(14-9-5-10-15-19)18-12-7-6-11-17(18)16-20/h5-7,9-12,14H,2-4,8,13,15H2,1H3. The Morgan fingerprint density at radius 2 is 2.00 bits per heavy atom. The molecule has 0 heterocycles. The molecular weight excluding hydrogens is 242 g/mol. The van der Waals surface area contributed by atoms with E-state index in [0.717, 1.165) is 18.4 Å². The highest BCUT2D eigenvalue weighted by molar-refractivity contribution is 5.46. The lowest BCUT2D eigenvalue weighted by Gasteiger charge is -2.33. The molecule has 0 saturated carbocycles. The van der Waals surface area contributed by atoms with Gasteiger partial charge in [0.1, 0.15) is 0 Å². The lowest BCUT2D eigenvalue weighted by molar-refractivity contribution is 0.456. The zero-order valence-corrected chi connectivity index (χ0v) is 12.3. The smallest absolute Gasteiger partial charge is 0.0994 e. The molecule has 0 radical (unpaired) electrons. The van der Waals surface area contributed by atoms with Crippen LogP contribution in [-0.4, -0.2) is 0 Å². The maximum Gasteiger partial charge on any atom is 0.0994 e. The molecule has 0 amide bonds. The maximum absolute atomic E-state index is 9.38. The first-order chi connectivity index (χ1) is 9.82. The Labute approximate surface area is 122 Å². The number of hydrogen-bond donors (Lipinski definition) is 0. The molecule has 0 bridgehead atoms. The van der Waals surface area contributed by atoms with Gasteiger partial charge in [0.15, 0.2) is 0 Å². The molecule has 0 fully saturated rings. The first kappa shape index (κ1) is 14.6. The van der Waals surface area contributed by atoms with Gasteiger partial charge in [-0.3, -0.25) is 0 Å². The zero-order valence-electron chi connectivity index (χ0n) is 12.3. The van der Waals surface area contributed by atoms with Gasteiger partial charge in [0, 0.05) is 5.41 Å². The summed E-state index contributed by atoms with van der Waals surface area (Å²) in [7, 11) is 0. The molecule has 0 spiro atoms. The fourth-order valence-electron chi connectivity index (χ4n) is 3.07. The second kappa shape index (κ2) is 7.10. The average Bonchev–Trinajstić information content (AvgIpc) is 2.52. The van der Waals surface area contributed by atoms with Crippen LogP contribution >= 0.6 is 0 Å². The van der Waals surface area contributed by atoms with E-state index in [9.17, 15) is 5.26 Å². The third-order valence-corrected chi connectivity index (χ3v) is 4.20. The van der Waals surface area contributed by atoms with Crippen molar-refractivity contribution in [3.63, 3.8) is 0 Å². The minimum absolute atomic E-state index is 0.0226. The van der Waals surface area contributed by atoms with Crippen molar-refractivity contribution in [3.8, 4) is 6.07 Å². The van der Waals surface area contributed by atoms with E-state index in [-0.39, 0.29) is 5.41 Å². The second-order valence-corrected chi connectivity index (χ2v) is 5.62. The van der Waals surface area contributed by atoms with Gasteiger partial charge >= 0.3 is 0 Å². The quantitative estimate of drug-likeness (QED) is 0.642. The van der Waals surface area contributed by atoms with E-state index < -0.39 is 0 Å². The number of benzene rings is 1. The number of nitriles is 1. The number of unbranched alkanes of at least 4 members (excludes halogenated alkanes) is 3. The minimum Gasteiger partial charge on any atom is -0.192 e. The number of nitrogens with zero attached hydrogens (tertiary/aromatic N) is 1. The van der Waals surface area contributed by atoms with Crippen molar-refractivity contribution in [1.29, 1.82) is 5.26 Å². The van der Waals surface area contributed by atoms with E-state index in [1.54, 1.807) is 0 Å². The summed E-state index contributed by atoms with van der Waals surface area (Å²) in [6.07, 6.45) is 16.0. The summed E-state index contributed by atoms with van der Waals surface area (Å²) in [6, 6.07) is 10.4. The molecule has 104 valence electrons. The predicted octanol–water partition coefficient (Wildman–Crippen LogP) is 5.28. The van der Waals surface area contributed by atoms with Gasteiger partial charge in [0.05, 0.1) is 11.6 Å². The van der Waals surface area contributed by atoms with Crippen LogP contribution in [-0.2, 0) is 5.41 Å². The molecule has 1 nitrogen and oxygen atoms in total. The first-order valence-corrected chi connectivity index (χ1v) is 7.66. The Morgan fingerprint density at radius 1 is 1.15 bits per heavy atom. The van der Waals surface area contributed by atoms with E-state index in [1.165, 1.54) is 31.2 Å². The molecule has 1 unspecified atom stereocenters. The van der Waals surface area contributed by atoms with Crippen LogP contribution < -0.4 is 0 Å². The number of hydrogen-bond acceptors (Lipinski definition) is 1. The average molecular weight is 265 g/mol. The van der Waals surface area contributed by atoms with Gasteiger partial charge in [-0.05, 0) is 24.5 Å².